The fraction of sp³-hybridized carbons (Fsp3) is 0.0588. The lowest BCUT2D eigenvalue weighted by atomic mass is 9.92. The Morgan fingerprint density at radius 1 is 1.10 bits per heavy atom. The minimum atomic E-state index is -0.495. The smallest absolute Gasteiger partial charge is 0.196 e. The van der Waals surface area contributed by atoms with E-state index in [1.54, 1.807) is 42.5 Å². The van der Waals surface area contributed by atoms with Crippen molar-refractivity contribution in [2.45, 2.75) is 6.10 Å². The molecule has 0 spiro atoms. The maximum absolute atomic E-state index is 12.3. The van der Waals surface area contributed by atoms with Crippen LogP contribution < -0.4 is 4.74 Å². The molecule has 0 fully saturated rings. The Bertz CT molecular complexity index is 738. The molecular weight excluding hydrogens is 250 g/mol. The summed E-state index contributed by atoms with van der Waals surface area (Å²) in [6.45, 7) is 3.85. The van der Waals surface area contributed by atoms with Crippen molar-refractivity contribution in [1.29, 1.82) is 5.26 Å². The summed E-state index contributed by atoms with van der Waals surface area (Å²) in [5.74, 6) is 0.473. The Morgan fingerprint density at radius 2 is 1.80 bits per heavy atom. The van der Waals surface area contributed by atoms with E-state index in [1.165, 1.54) is 0 Å². The summed E-state index contributed by atoms with van der Waals surface area (Å²) in [5.41, 5.74) is 2.34. The van der Waals surface area contributed by atoms with Gasteiger partial charge in [-0.3, -0.25) is 4.79 Å². The van der Waals surface area contributed by atoms with Crippen molar-refractivity contribution in [2.24, 2.45) is 0 Å². The highest BCUT2D eigenvalue weighted by Gasteiger charge is 2.31. The lowest BCUT2D eigenvalue weighted by Crippen LogP contribution is -2.23. The molecule has 1 atom stereocenters. The fourth-order valence-electron chi connectivity index (χ4n) is 2.25. The molecule has 3 rings (SSSR count). The number of nitriles is 1. The highest BCUT2D eigenvalue weighted by atomic mass is 16.5. The summed E-state index contributed by atoms with van der Waals surface area (Å²) in [6.07, 6.45) is -0.495. The van der Waals surface area contributed by atoms with Crippen molar-refractivity contribution < 1.29 is 9.53 Å². The maximum Gasteiger partial charge on any atom is 0.196 e. The highest BCUT2D eigenvalue weighted by Crippen LogP contribution is 2.37. The van der Waals surface area contributed by atoms with Crippen molar-refractivity contribution in [1.82, 2.24) is 0 Å². The standard InChI is InChI=1S/C17H11NO2/c1-11-16(19)14-4-2-3-5-15(14)20-17(11)13-8-6-12(10-18)7-9-13/h2-9,17H,1H2/t17-/m0/s1. The zero-order valence-corrected chi connectivity index (χ0v) is 10.7. The number of Topliss-reactive ketones (excluding diaryl/α,β-unsaturated/α-hetero) is 1. The van der Waals surface area contributed by atoms with Crippen molar-refractivity contribution in [3.63, 3.8) is 0 Å². The Balaban J connectivity index is 2.01. The molecule has 96 valence electrons. The maximum atomic E-state index is 12.3. The SMILES string of the molecule is C=C1C(=O)c2ccccc2O[C@@H]1c1ccc(C#N)cc1. The van der Waals surface area contributed by atoms with E-state index in [2.05, 4.69) is 12.6 Å². The fourth-order valence-corrected chi connectivity index (χ4v) is 2.25. The Morgan fingerprint density at radius 3 is 2.50 bits per heavy atom. The molecule has 0 aromatic heterocycles. The van der Waals surface area contributed by atoms with Crippen molar-refractivity contribution >= 4 is 5.78 Å². The number of carbonyl (C=O) groups is 1. The third-order valence-corrected chi connectivity index (χ3v) is 3.33. The van der Waals surface area contributed by atoms with E-state index in [0.29, 0.717) is 22.4 Å². The van der Waals surface area contributed by atoms with Gasteiger partial charge in [-0.25, -0.2) is 0 Å². The van der Waals surface area contributed by atoms with E-state index >= 15 is 0 Å². The van der Waals surface area contributed by atoms with Crippen LogP contribution in [0, 0.1) is 11.3 Å². The molecule has 3 heteroatoms. The first kappa shape index (κ1) is 12.2. The van der Waals surface area contributed by atoms with E-state index in [0.717, 1.165) is 5.56 Å². The monoisotopic (exact) mass is 261 g/mol. The molecule has 20 heavy (non-hydrogen) atoms. The molecule has 0 saturated carbocycles. The van der Waals surface area contributed by atoms with Crippen LogP contribution in [-0.2, 0) is 0 Å². The third-order valence-electron chi connectivity index (χ3n) is 3.33. The largest absolute Gasteiger partial charge is 0.480 e. The first-order chi connectivity index (χ1) is 9.70. The number of carbonyl (C=O) groups excluding carboxylic acids is 1. The first-order valence-electron chi connectivity index (χ1n) is 6.20. The second-order valence-corrected chi connectivity index (χ2v) is 4.58. The second-order valence-electron chi connectivity index (χ2n) is 4.58. The van der Waals surface area contributed by atoms with Gasteiger partial charge in [-0.05, 0) is 29.8 Å². The molecule has 0 bridgehead atoms. The number of para-hydroxylation sites is 1. The molecule has 0 aliphatic carbocycles. The zero-order chi connectivity index (χ0) is 14.1. The summed E-state index contributed by atoms with van der Waals surface area (Å²) in [4.78, 5) is 12.3. The van der Waals surface area contributed by atoms with E-state index in [9.17, 15) is 4.79 Å². The van der Waals surface area contributed by atoms with Gasteiger partial charge in [-0.1, -0.05) is 30.8 Å². The number of ether oxygens (including phenoxy) is 1. The molecule has 2 aromatic rings. The van der Waals surface area contributed by atoms with Gasteiger partial charge in [0.1, 0.15) is 5.75 Å². The summed E-state index contributed by atoms with van der Waals surface area (Å²) in [5, 5.41) is 8.81. The van der Waals surface area contributed by atoms with Crippen molar-refractivity contribution in [3.8, 4) is 11.8 Å². The summed E-state index contributed by atoms with van der Waals surface area (Å²) in [7, 11) is 0. The van der Waals surface area contributed by atoms with Crippen molar-refractivity contribution in [2.75, 3.05) is 0 Å². The van der Waals surface area contributed by atoms with Gasteiger partial charge in [0.15, 0.2) is 11.9 Å². The minimum absolute atomic E-state index is 0.0961. The minimum Gasteiger partial charge on any atom is -0.480 e. The lowest BCUT2D eigenvalue weighted by molar-refractivity contribution is 0.0962. The molecule has 0 saturated heterocycles. The van der Waals surface area contributed by atoms with Gasteiger partial charge in [0, 0.05) is 5.57 Å². The van der Waals surface area contributed by atoms with E-state index in [1.807, 2.05) is 6.07 Å². The average Bonchev–Trinajstić information content (AvgIpc) is 2.51. The Hall–Kier alpha value is -2.86. The van der Waals surface area contributed by atoms with Crippen LogP contribution >= 0.6 is 0 Å². The van der Waals surface area contributed by atoms with Gasteiger partial charge in [0.2, 0.25) is 0 Å². The van der Waals surface area contributed by atoms with Gasteiger partial charge in [0.25, 0.3) is 0 Å². The molecule has 3 nitrogen and oxygen atoms in total. The van der Waals surface area contributed by atoms with Gasteiger partial charge < -0.3 is 4.74 Å². The van der Waals surface area contributed by atoms with Crippen LogP contribution in [0.4, 0.5) is 0 Å². The Kier molecular flexibility index (Phi) is 2.85. The molecule has 1 aliphatic rings. The van der Waals surface area contributed by atoms with Gasteiger partial charge in [0.05, 0.1) is 17.2 Å². The summed E-state index contributed by atoms with van der Waals surface area (Å²) in [6, 6.07) is 16.2. The second kappa shape index (κ2) is 4.67. The number of ketones is 1. The zero-order valence-electron chi connectivity index (χ0n) is 10.7. The van der Waals surface area contributed by atoms with Gasteiger partial charge >= 0.3 is 0 Å². The quantitative estimate of drug-likeness (QED) is 0.739. The molecule has 2 aromatic carbocycles. The van der Waals surface area contributed by atoms with Crippen LogP contribution in [0.1, 0.15) is 27.6 Å². The number of rotatable bonds is 1. The highest BCUT2D eigenvalue weighted by molar-refractivity contribution is 6.11. The molecule has 1 aliphatic heterocycles. The first-order valence-corrected chi connectivity index (χ1v) is 6.20. The van der Waals surface area contributed by atoms with E-state index in [-0.39, 0.29) is 5.78 Å². The number of hydrogen-bond acceptors (Lipinski definition) is 3. The average molecular weight is 261 g/mol. The van der Waals surface area contributed by atoms with Gasteiger partial charge in [-0.2, -0.15) is 5.26 Å². The molecule has 0 unspecified atom stereocenters. The van der Waals surface area contributed by atoms with Crippen LogP contribution in [-0.4, -0.2) is 5.78 Å². The Labute approximate surface area is 116 Å². The number of benzene rings is 2. The third kappa shape index (κ3) is 1.88. The molecule has 0 amide bonds. The van der Waals surface area contributed by atoms with Crippen molar-refractivity contribution in [3.05, 3.63) is 77.4 Å². The summed E-state index contributed by atoms with van der Waals surface area (Å²) < 4.78 is 5.87. The number of nitrogens with zero attached hydrogens (tertiary/aromatic N) is 1. The molecular formula is C17H11NO2. The lowest BCUT2D eigenvalue weighted by Gasteiger charge is -2.27. The van der Waals surface area contributed by atoms with Crippen LogP contribution in [0.5, 0.6) is 5.75 Å². The van der Waals surface area contributed by atoms with Crippen LogP contribution in [0.2, 0.25) is 0 Å². The topological polar surface area (TPSA) is 50.1 Å². The normalized spacial score (nSPS) is 17.1. The van der Waals surface area contributed by atoms with E-state index < -0.39 is 6.10 Å². The summed E-state index contributed by atoms with van der Waals surface area (Å²) >= 11 is 0. The predicted octanol–water partition coefficient (Wildman–Crippen LogP) is 3.43. The molecule has 0 radical (unpaired) electrons. The predicted molar refractivity (Wildman–Crippen MR) is 74.4 cm³/mol. The molecule has 1 heterocycles. The number of hydrogen-bond donors (Lipinski definition) is 0. The molecule has 0 N–H and O–H groups in total. The van der Waals surface area contributed by atoms with Crippen LogP contribution in [0.15, 0.2) is 60.7 Å². The van der Waals surface area contributed by atoms with Crippen LogP contribution in [0.3, 0.4) is 0 Å². The van der Waals surface area contributed by atoms with Gasteiger partial charge in [-0.15, -0.1) is 0 Å². The number of fused-ring (bicyclic) bond motifs is 1. The van der Waals surface area contributed by atoms with Crippen LogP contribution in [0.25, 0.3) is 0 Å². The van der Waals surface area contributed by atoms with E-state index in [4.69, 9.17) is 10.00 Å².